The second kappa shape index (κ2) is 7.52. The van der Waals surface area contributed by atoms with Crippen molar-refractivity contribution in [3.63, 3.8) is 0 Å². The predicted octanol–water partition coefficient (Wildman–Crippen LogP) is 2.46. The monoisotopic (exact) mass is 239 g/mol. The lowest BCUT2D eigenvalue weighted by Crippen LogP contribution is -2.24. The number of thioether (sulfide) groups is 1. The first-order valence-corrected chi connectivity index (χ1v) is 6.95. The molecule has 0 saturated carbocycles. The van der Waals surface area contributed by atoms with E-state index in [1.54, 1.807) is 6.20 Å². The summed E-state index contributed by atoms with van der Waals surface area (Å²) < 4.78 is 0. The summed E-state index contributed by atoms with van der Waals surface area (Å²) >= 11 is 1.96. The molecule has 0 aliphatic heterocycles. The van der Waals surface area contributed by atoms with Crippen molar-refractivity contribution in [3.05, 3.63) is 24.0 Å². The molecular formula is C12H21N3S. The van der Waals surface area contributed by atoms with E-state index >= 15 is 0 Å². The molecule has 1 aromatic heterocycles. The average molecular weight is 239 g/mol. The van der Waals surface area contributed by atoms with Gasteiger partial charge in [-0.2, -0.15) is 11.8 Å². The molecule has 0 saturated heterocycles. The molecule has 1 aromatic rings. The molecule has 90 valence electrons. The van der Waals surface area contributed by atoms with E-state index in [4.69, 9.17) is 5.73 Å². The Hall–Kier alpha value is -0.740. The average Bonchev–Trinajstić information content (AvgIpc) is 2.29. The third-order valence-corrected chi connectivity index (χ3v) is 3.61. The summed E-state index contributed by atoms with van der Waals surface area (Å²) in [4.78, 5) is 4.15. The van der Waals surface area contributed by atoms with Crippen LogP contribution in [0.4, 0.5) is 5.69 Å². The van der Waals surface area contributed by atoms with Crippen molar-refractivity contribution in [2.75, 3.05) is 23.8 Å². The maximum absolute atomic E-state index is 5.97. The summed E-state index contributed by atoms with van der Waals surface area (Å²) in [6, 6.07) is 2.18. The zero-order chi connectivity index (χ0) is 11.8. The standard InChI is InChI=1S/C12H21N3S/c1-3-7-16-9-12(15-4-2)10-8-14-6-5-11(10)13/h5-6,8,12,15H,3-4,7,9H2,1-2H3,(H2,13,14). The molecule has 0 amide bonds. The summed E-state index contributed by atoms with van der Waals surface area (Å²) in [7, 11) is 0. The molecule has 0 aliphatic carbocycles. The Balaban J connectivity index is 2.65. The van der Waals surface area contributed by atoms with E-state index in [9.17, 15) is 0 Å². The fourth-order valence-corrected chi connectivity index (χ4v) is 2.55. The Labute approximate surface area is 102 Å². The van der Waals surface area contributed by atoms with Crippen LogP contribution in [0.3, 0.4) is 0 Å². The van der Waals surface area contributed by atoms with Crippen molar-refractivity contribution in [3.8, 4) is 0 Å². The maximum atomic E-state index is 5.97. The number of nitrogens with zero attached hydrogens (tertiary/aromatic N) is 1. The number of anilines is 1. The molecule has 1 rings (SSSR count). The molecule has 3 N–H and O–H groups in total. The third kappa shape index (κ3) is 4.02. The Bertz CT molecular complexity index is 304. The number of nitrogens with one attached hydrogen (secondary N) is 1. The summed E-state index contributed by atoms with van der Waals surface area (Å²) in [5, 5.41) is 3.46. The largest absolute Gasteiger partial charge is 0.398 e. The van der Waals surface area contributed by atoms with Crippen molar-refractivity contribution in [1.29, 1.82) is 0 Å². The predicted molar refractivity (Wildman–Crippen MR) is 72.7 cm³/mol. The summed E-state index contributed by atoms with van der Waals surface area (Å²) in [6.45, 7) is 5.27. The van der Waals surface area contributed by atoms with E-state index in [0.29, 0.717) is 6.04 Å². The lowest BCUT2D eigenvalue weighted by atomic mass is 10.1. The highest BCUT2D eigenvalue weighted by molar-refractivity contribution is 7.99. The molecular weight excluding hydrogens is 218 g/mol. The van der Waals surface area contributed by atoms with Crippen LogP contribution in [0.5, 0.6) is 0 Å². The SMILES string of the molecule is CCCSCC(NCC)c1cnccc1N. The van der Waals surface area contributed by atoms with Crippen LogP contribution in [0.1, 0.15) is 31.9 Å². The van der Waals surface area contributed by atoms with Crippen LogP contribution in [-0.4, -0.2) is 23.0 Å². The van der Waals surface area contributed by atoms with Crippen LogP contribution >= 0.6 is 11.8 Å². The highest BCUT2D eigenvalue weighted by Crippen LogP contribution is 2.22. The van der Waals surface area contributed by atoms with Gasteiger partial charge in [-0.3, -0.25) is 4.98 Å². The molecule has 0 fully saturated rings. The Morgan fingerprint density at radius 3 is 2.94 bits per heavy atom. The topological polar surface area (TPSA) is 50.9 Å². The first-order valence-electron chi connectivity index (χ1n) is 5.80. The van der Waals surface area contributed by atoms with Crippen molar-refractivity contribution in [2.45, 2.75) is 26.3 Å². The van der Waals surface area contributed by atoms with Crippen molar-refractivity contribution >= 4 is 17.4 Å². The van der Waals surface area contributed by atoms with Gasteiger partial charge in [-0.1, -0.05) is 13.8 Å². The lowest BCUT2D eigenvalue weighted by Gasteiger charge is -2.19. The van der Waals surface area contributed by atoms with Crippen LogP contribution in [0, 0.1) is 0 Å². The van der Waals surface area contributed by atoms with Crippen LogP contribution < -0.4 is 11.1 Å². The number of aromatic nitrogens is 1. The Kier molecular flexibility index (Phi) is 6.26. The van der Waals surface area contributed by atoms with Gasteiger partial charge in [-0.15, -0.1) is 0 Å². The lowest BCUT2D eigenvalue weighted by molar-refractivity contribution is 0.605. The molecule has 0 spiro atoms. The van der Waals surface area contributed by atoms with E-state index < -0.39 is 0 Å². The van der Waals surface area contributed by atoms with E-state index in [0.717, 1.165) is 23.5 Å². The minimum atomic E-state index is 0.315. The summed E-state index contributed by atoms with van der Waals surface area (Å²) in [5.41, 5.74) is 7.92. The van der Waals surface area contributed by atoms with Crippen molar-refractivity contribution in [2.24, 2.45) is 0 Å². The summed E-state index contributed by atoms with van der Waals surface area (Å²) in [5.74, 6) is 2.25. The fourth-order valence-electron chi connectivity index (χ4n) is 1.56. The maximum Gasteiger partial charge on any atom is 0.0447 e. The molecule has 4 heteroatoms. The zero-order valence-electron chi connectivity index (χ0n) is 10.1. The summed E-state index contributed by atoms with van der Waals surface area (Å²) in [6.07, 6.45) is 4.82. The van der Waals surface area contributed by atoms with Crippen LogP contribution in [0.15, 0.2) is 18.5 Å². The number of hydrogen-bond donors (Lipinski definition) is 2. The molecule has 0 aliphatic rings. The number of hydrogen-bond acceptors (Lipinski definition) is 4. The van der Waals surface area contributed by atoms with Gasteiger partial charge in [0.15, 0.2) is 0 Å². The van der Waals surface area contributed by atoms with Gasteiger partial charge in [-0.05, 0) is 24.8 Å². The van der Waals surface area contributed by atoms with Crippen LogP contribution in [-0.2, 0) is 0 Å². The van der Waals surface area contributed by atoms with Gasteiger partial charge >= 0.3 is 0 Å². The van der Waals surface area contributed by atoms with Crippen LogP contribution in [0.25, 0.3) is 0 Å². The van der Waals surface area contributed by atoms with Gasteiger partial charge < -0.3 is 11.1 Å². The molecule has 3 nitrogen and oxygen atoms in total. The van der Waals surface area contributed by atoms with Gasteiger partial charge in [0.2, 0.25) is 0 Å². The van der Waals surface area contributed by atoms with E-state index in [1.165, 1.54) is 12.2 Å². The van der Waals surface area contributed by atoms with Crippen LogP contribution in [0.2, 0.25) is 0 Å². The number of nitrogen functional groups attached to an aromatic ring is 1. The van der Waals surface area contributed by atoms with E-state index in [2.05, 4.69) is 24.1 Å². The van der Waals surface area contributed by atoms with E-state index in [-0.39, 0.29) is 0 Å². The number of rotatable bonds is 7. The van der Waals surface area contributed by atoms with Gasteiger partial charge in [0.25, 0.3) is 0 Å². The molecule has 0 radical (unpaired) electrons. The molecule has 0 aromatic carbocycles. The van der Waals surface area contributed by atoms with Crippen molar-refractivity contribution in [1.82, 2.24) is 10.3 Å². The van der Waals surface area contributed by atoms with Gasteiger partial charge in [-0.25, -0.2) is 0 Å². The molecule has 0 bridgehead atoms. The fraction of sp³-hybridized carbons (Fsp3) is 0.583. The van der Waals surface area contributed by atoms with E-state index in [1.807, 2.05) is 24.0 Å². The van der Waals surface area contributed by atoms with Gasteiger partial charge in [0, 0.05) is 35.4 Å². The first-order chi connectivity index (χ1) is 7.79. The normalized spacial score (nSPS) is 12.6. The quantitative estimate of drug-likeness (QED) is 0.718. The highest BCUT2D eigenvalue weighted by atomic mass is 32.2. The van der Waals surface area contributed by atoms with Gasteiger partial charge in [0.1, 0.15) is 0 Å². The molecule has 16 heavy (non-hydrogen) atoms. The number of nitrogens with two attached hydrogens (primary N) is 1. The minimum absolute atomic E-state index is 0.315. The second-order valence-electron chi connectivity index (χ2n) is 3.69. The molecule has 1 heterocycles. The smallest absolute Gasteiger partial charge is 0.0447 e. The minimum Gasteiger partial charge on any atom is -0.398 e. The second-order valence-corrected chi connectivity index (χ2v) is 4.84. The number of pyridine rings is 1. The first kappa shape index (κ1) is 13.3. The highest BCUT2D eigenvalue weighted by Gasteiger charge is 2.12. The zero-order valence-corrected chi connectivity index (χ0v) is 10.9. The Morgan fingerprint density at radius 2 is 2.31 bits per heavy atom. The molecule has 1 atom stereocenters. The van der Waals surface area contributed by atoms with Crippen molar-refractivity contribution < 1.29 is 0 Å². The Morgan fingerprint density at radius 1 is 1.50 bits per heavy atom. The van der Waals surface area contributed by atoms with Gasteiger partial charge in [0.05, 0.1) is 0 Å². The third-order valence-electron chi connectivity index (χ3n) is 2.35. The molecule has 1 unspecified atom stereocenters.